The maximum atomic E-state index is 13.4. The predicted octanol–water partition coefficient (Wildman–Crippen LogP) is 2.56. The van der Waals surface area contributed by atoms with Gasteiger partial charge in [-0.25, -0.2) is 9.18 Å². The Hall–Kier alpha value is -1.68. The summed E-state index contributed by atoms with van der Waals surface area (Å²) in [6.45, 7) is 6.32. The van der Waals surface area contributed by atoms with E-state index in [9.17, 15) is 9.18 Å². The number of hydrogen-bond acceptors (Lipinski definition) is 2. The quantitative estimate of drug-likeness (QED) is 0.791. The van der Waals surface area contributed by atoms with E-state index in [2.05, 4.69) is 5.32 Å². The van der Waals surface area contributed by atoms with Crippen LogP contribution in [0.25, 0.3) is 0 Å². The number of aryl methyl sites for hydroxylation is 2. The second-order valence-corrected chi connectivity index (χ2v) is 4.48. The van der Waals surface area contributed by atoms with Gasteiger partial charge in [0.15, 0.2) is 0 Å². The first-order valence-corrected chi connectivity index (χ1v) is 5.76. The van der Waals surface area contributed by atoms with Gasteiger partial charge in [0.2, 0.25) is 0 Å². The Labute approximate surface area is 106 Å². The molecule has 4 heteroatoms. The fraction of sp³-hybridized carbons (Fsp3) is 0.357. The normalized spacial score (nSPS) is 11.7. The zero-order chi connectivity index (χ0) is 13.7. The molecule has 18 heavy (non-hydrogen) atoms. The monoisotopic (exact) mass is 251 g/mol. The van der Waals surface area contributed by atoms with E-state index >= 15 is 0 Å². The SMILES string of the molecule is C/C(=C/C(=O)O)CNCc1cc(C)c(F)c(C)c1. The summed E-state index contributed by atoms with van der Waals surface area (Å²) in [5, 5.41) is 11.7. The molecule has 0 amide bonds. The molecular weight excluding hydrogens is 233 g/mol. The average molecular weight is 251 g/mol. The first-order valence-electron chi connectivity index (χ1n) is 5.76. The summed E-state index contributed by atoms with van der Waals surface area (Å²) in [6.07, 6.45) is 1.17. The highest BCUT2D eigenvalue weighted by Gasteiger charge is 2.04. The van der Waals surface area contributed by atoms with Gasteiger partial charge in [-0.05, 0) is 37.5 Å². The van der Waals surface area contributed by atoms with Crippen molar-refractivity contribution in [1.29, 1.82) is 0 Å². The number of benzene rings is 1. The fourth-order valence-electron chi connectivity index (χ4n) is 1.80. The van der Waals surface area contributed by atoms with E-state index < -0.39 is 5.97 Å². The minimum Gasteiger partial charge on any atom is -0.478 e. The van der Waals surface area contributed by atoms with Crippen LogP contribution in [-0.2, 0) is 11.3 Å². The molecule has 1 aromatic carbocycles. The lowest BCUT2D eigenvalue weighted by atomic mass is 10.1. The molecule has 0 saturated carbocycles. The van der Waals surface area contributed by atoms with Crippen molar-refractivity contribution in [2.24, 2.45) is 0 Å². The van der Waals surface area contributed by atoms with Crippen molar-refractivity contribution in [3.8, 4) is 0 Å². The van der Waals surface area contributed by atoms with Crippen LogP contribution in [0.5, 0.6) is 0 Å². The molecule has 0 bridgehead atoms. The van der Waals surface area contributed by atoms with Gasteiger partial charge in [0.1, 0.15) is 5.82 Å². The van der Waals surface area contributed by atoms with Gasteiger partial charge in [0, 0.05) is 19.2 Å². The minimum absolute atomic E-state index is 0.166. The third-order valence-electron chi connectivity index (χ3n) is 2.60. The Morgan fingerprint density at radius 2 is 1.94 bits per heavy atom. The van der Waals surface area contributed by atoms with Crippen molar-refractivity contribution in [2.75, 3.05) is 6.54 Å². The number of carbonyl (C=O) groups is 1. The molecule has 98 valence electrons. The smallest absolute Gasteiger partial charge is 0.328 e. The molecule has 0 saturated heterocycles. The van der Waals surface area contributed by atoms with Crippen LogP contribution in [0.1, 0.15) is 23.6 Å². The average Bonchev–Trinajstić information content (AvgIpc) is 2.24. The van der Waals surface area contributed by atoms with Gasteiger partial charge in [-0.15, -0.1) is 0 Å². The van der Waals surface area contributed by atoms with Crippen molar-refractivity contribution >= 4 is 5.97 Å². The summed E-state index contributed by atoms with van der Waals surface area (Å²) in [4.78, 5) is 10.4. The van der Waals surface area contributed by atoms with Gasteiger partial charge in [-0.3, -0.25) is 0 Å². The van der Waals surface area contributed by atoms with E-state index in [0.717, 1.165) is 11.1 Å². The number of rotatable bonds is 5. The standard InChI is InChI=1S/C14H18FNO2/c1-9(4-13(17)18)7-16-8-12-5-10(2)14(15)11(3)6-12/h4-6,16H,7-8H2,1-3H3,(H,17,18)/b9-4-. The first kappa shape index (κ1) is 14.4. The largest absolute Gasteiger partial charge is 0.478 e. The molecule has 0 aliphatic carbocycles. The zero-order valence-corrected chi connectivity index (χ0v) is 10.9. The summed E-state index contributed by atoms with van der Waals surface area (Å²) in [5.74, 6) is -1.11. The summed E-state index contributed by atoms with van der Waals surface area (Å²) < 4.78 is 13.4. The highest BCUT2D eigenvalue weighted by molar-refractivity contribution is 5.80. The molecule has 0 aromatic heterocycles. The molecule has 0 radical (unpaired) electrons. The molecular formula is C14H18FNO2. The van der Waals surface area contributed by atoms with Gasteiger partial charge < -0.3 is 10.4 Å². The lowest BCUT2D eigenvalue weighted by molar-refractivity contribution is -0.131. The fourth-order valence-corrected chi connectivity index (χ4v) is 1.80. The molecule has 0 aliphatic heterocycles. The van der Waals surface area contributed by atoms with Gasteiger partial charge in [0.05, 0.1) is 0 Å². The Morgan fingerprint density at radius 3 is 2.44 bits per heavy atom. The van der Waals surface area contributed by atoms with Crippen LogP contribution >= 0.6 is 0 Å². The van der Waals surface area contributed by atoms with Gasteiger partial charge >= 0.3 is 5.97 Å². The highest BCUT2D eigenvalue weighted by Crippen LogP contribution is 2.14. The number of halogens is 1. The molecule has 0 atom stereocenters. The number of hydrogen-bond donors (Lipinski definition) is 2. The summed E-state index contributed by atoms with van der Waals surface area (Å²) in [6, 6.07) is 3.59. The Morgan fingerprint density at radius 1 is 1.39 bits per heavy atom. The minimum atomic E-state index is -0.942. The summed E-state index contributed by atoms with van der Waals surface area (Å²) >= 11 is 0. The van der Waals surface area contributed by atoms with Crippen LogP contribution in [0.3, 0.4) is 0 Å². The van der Waals surface area contributed by atoms with E-state index in [0.29, 0.717) is 24.2 Å². The van der Waals surface area contributed by atoms with Gasteiger partial charge in [0.25, 0.3) is 0 Å². The molecule has 1 rings (SSSR count). The van der Waals surface area contributed by atoms with Crippen molar-refractivity contribution in [3.05, 3.63) is 46.3 Å². The zero-order valence-electron chi connectivity index (χ0n) is 10.9. The van der Waals surface area contributed by atoms with Crippen molar-refractivity contribution in [1.82, 2.24) is 5.32 Å². The second kappa shape index (κ2) is 6.31. The molecule has 0 aliphatic rings. The lowest BCUT2D eigenvalue weighted by Gasteiger charge is -2.08. The lowest BCUT2D eigenvalue weighted by Crippen LogP contribution is -2.16. The van der Waals surface area contributed by atoms with Crippen molar-refractivity contribution < 1.29 is 14.3 Å². The Kier molecular flexibility index (Phi) is 5.04. The highest BCUT2D eigenvalue weighted by atomic mass is 19.1. The van der Waals surface area contributed by atoms with Crippen LogP contribution < -0.4 is 5.32 Å². The number of carboxylic acids is 1. The molecule has 0 heterocycles. The predicted molar refractivity (Wildman–Crippen MR) is 69.0 cm³/mol. The maximum absolute atomic E-state index is 13.4. The molecule has 0 spiro atoms. The van der Waals surface area contributed by atoms with Crippen LogP contribution in [0.4, 0.5) is 4.39 Å². The van der Waals surface area contributed by atoms with E-state index in [1.807, 2.05) is 0 Å². The topological polar surface area (TPSA) is 49.3 Å². The number of nitrogens with one attached hydrogen (secondary N) is 1. The first-order chi connectivity index (χ1) is 8.40. The maximum Gasteiger partial charge on any atom is 0.328 e. The second-order valence-electron chi connectivity index (χ2n) is 4.48. The number of carboxylic acid groups (broad SMARTS) is 1. The third-order valence-corrected chi connectivity index (χ3v) is 2.60. The molecule has 2 N–H and O–H groups in total. The summed E-state index contributed by atoms with van der Waals surface area (Å²) in [7, 11) is 0. The van der Waals surface area contributed by atoms with Crippen LogP contribution in [-0.4, -0.2) is 17.6 Å². The van der Waals surface area contributed by atoms with E-state index in [1.165, 1.54) is 6.08 Å². The van der Waals surface area contributed by atoms with Crippen LogP contribution in [0.15, 0.2) is 23.8 Å². The van der Waals surface area contributed by atoms with E-state index in [-0.39, 0.29) is 5.82 Å². The number of aliphatic carboxylic acids is 1. The van der Waals surface area contributed by atoms with Gasteiger partial charge in [-0.2, -0.15) is 0 Å². The molecule has 3 nitrogen and oxygen atoms in total. The molecule has 1 aromatic rings. The van der Waals surface area contributed by atoms with Crippen LogP contribution in [0, 0.1) is 19.7 Å². The molecule has 0 unspecified atom stereocenters. The Balaban J connectivity index is 2.57. The van der Waals surface area contributed by atoms with Crippen LogP contribution in [0.2, 0.25) is 0 Å². The molecule has 0 fully saturated rings. The van der Waals surface area contributed by atoms with Crippen molar-refractivity contribution in [3.63, 3.8) is 0 Å². The van der Waals surface area contributed by atoms with E-state index in [1.54, 1.807) is 32.9 Å². The summed E-state index contributed by atoms with van der Waals surface area (Å²) in [5.41, 5.74) is 3.00. The van der Waals surface area contributed by atoms with Crippen molar-refractivity contribution in [2.45, 2.75) is 27.3 Å². The third kappa shape index (κ3) is 4.30. The Bertz CT molecular complexity index is 458. The van der Waals surface area contributed by atoms with Gasteiger partial charge in [-0.1, -0.05) is 17.7 Å². The van der Waals surface area contributed by atoms with E-state index in [4.69, 9.17) is 5.11 Å².